The summed E-state index contributed by atoms with van der Waals surface area (Å²) in [5.74, 6) is 0.354. The molecule has 136 valence electrons. The highest BCUT2D eigenvalue weighted by atomic mass is 32.2. The standard InChI is InChI=1S/C14H25N5O4S/c1-14(2,3)23-13(20)18-10-8-17(9-11-18)12-15-6-7-19(12)24(21,22)16(4)5/h6-7H,8-11H2,1-5H3. The molecule has 1 saturated heterocycles. The number of piperazine rings is 1. The first kappa shape index (κ1) is 18.5. The van der Waals surface area contributed by atoms with Crippen molar-refractivity contribution in [2.45, 2.75) is 26.4 Å². The van der Waals surface area contributed by atoms with Gasteiger partial charge in [-0.1, -0.05) is 0 Å². The number of imidazole rings is 1. The van der Waals surface area contributed by atoms with Crippen LogP contribution >= 0.6 is 0 Å². The highest BCUT2D eigenvalue weighted by Gasteiger charge is 2.29. The molecule has 0 spiro atoms. The number of rotatable bonds is 3. The number of nitrogens with zero attached hydrogens (tertiary/aromatic N) is 5. The van der Waals surface area contributed by atoms with Crippen LogP contribution in [-0.2, 0) is 14.9 Å². The molecule has 9 nitrogen and oxygen atoms in total. The van der Waals surface area contributed by atoms with E-state index in [2.05, 4.69) is 4.98 Å². The maximum Gasteiger partial charge on any atom is 0.410 e. The Labute approximate surface area is 143 Å². The first-order valence-electron chi connectivity index (χ1n) is 7.71. The lowest BCUT2D eigenvalue weighted by atomic mass is 10.2. The smallest absolute Gasteiger partial charge is 0.410 e. The van der Waals surface area contributed by atoms with Crippen LogP contribution in [0.1, 0.15) is 20.8 Å². The van der Waals surface area contributed by atoms with Gasteiger partial charge in [-0.3, -0.25) is 0 Å². The van der Waals surface area contributed by atoms with Gasteiger partial charge in [0.25, 0.3) is 0 Å². The van der Waals surface area contributed by atoms with Crippen molar-refractivity contribution in [1.82, 2.24) is 18.2 Å². The fraction of sp³-hybridized carbons (Fsp3) is 0.714. The van der Waals surface area contributed by atoms with E-state index in [4.69, 9.17) is 4.74 Å². The van der Waals surface area contributed by atoms with Crippen molar-refractivity contribution in [2.75, 3.05) is 45.2 Å². The second-order valence-corrected chi connectivity index (χ2v) is 8.79. The summed E-state index contributed by atoms with van der Waals surface area (Å²) in [6, 6.07) is 0. The fourth-order valence-corrected chi connectivity index (χ4v) is 3.21. The molecule has 24 heavy (non-hydrogen) atoms. The van der Waals surface area contributed by atoms with Crippen molar-refractivity contribution in [3.05, 3.63) is 12.4 Å². The molecule has 0 saturated carbocycles. The van der Waals surface area contributed by atoms with E-state index in [-0.39, 0.29) is 6.09 Å². The highest BCUT2D eigenvalue weighted by molar-refractivity contribution is 7.87. The Hall–Kier alpha value is -1.81. The predicted octanol–water partition coefficient (Wildman–Crippen LogP) is 0.595. The molecule has 0 N–H and O–H groups in total. The molecule has 1 aromatic heterocycles. The summed E-state index contributed by atoms with van der Waals surface area (Å²) in [7, 11) is -0.683. The highest BCUT2D eigenvalue weighted by Crippen LogP contribution is 2.19. The van der Waals surface area contributed by atoms with Gasteiger partial charge < -0.3 is 14.5 Å². The molecule has 0 bridgehead atoms. The van der Waals surface area contributed by atoms with Gasteiger partial charge in [0.2, 0.25) is 5.95 Å². The minimum Gasteiger partial charge on any atom is -0.444 e. The van der Waals surface area contributed by atoms with E-state index in [0.717, 1.165) is 8.28 Å². The van der Waals surface area contributed by atoms with Gasteiger partial charge in [-0.25, -0.2) is 9.78 Å². The predicted molar refractivity (Wildman–Crippen MR) is 90.3 cm³/mol. The lowest BCUT2D eigenvalue weighted by Crippen LogP contribution is -2.51. The summed E-state index contributed by atoms with van der Waals surface area (Å²) in [4.78, 5) is 19.7. The molecule has 1 fully saturated rings. The summed E-state index contributed by atoms with van der Waals surface area (Å²) < 4.78 is 32.3. The molecule has 2 rings (SSSR count). The van der Waals surface area contributed by atoms with Crippen molar-refractivity contribution in [3.8, 4) is 0 Å². The molecule has 10 heteroatoms. The van der Waals surface area contributed by atoms with Crippen LogP contribution in [0.25, 0.3) is 0 Å². The summed E-state index contributed by atoms with van der Waals surface area (Å²) in [6.07, 6.45) is 2.52. The Kier molecular flexibility index (Phi) is 5.09. The Bertz CT molecular complexity index is 684. The van der Waals surface area contributed by atoms with Crippen molar-refractivity contribution in [2.24, 2.45) is 0 Å². The van der Waals surface area contributed by atoms with Gasteiger partial charge >= 0.3 is 16.3 Å². The van der Waals surface area contributed by atoms with Gasteiger partial charge in [-0.15, -0.1) is 0 Å². The number of hydrogen-bond donors (Lipinski definition) is 0. The number of aromatic nitrogens is 2. The molecule has 0 atom stereocenters. The quantitative estimate of drug-likeness (QED) is 0.785. The molecule has 1 aliphatic rings. The van der Waals surface area contributed by atoms with E-state index in [1.807, 2.05) is 25.7 Å². The Balaban J connectivity index is 2.07. The van der Waals surface area contributed by atoms with Crippen molar-refractivity contribution >= 4 is 22.3 Å². The summed E-state index contributed by atoms with van der Waals surface area (Å²) in [6.45, 7) is 7.34. The summed E-state index contributed by atoms with van der Waals surface area (Å²) in [5, 5.41) is 0. The van der Waals surface area contributed by atoms with E-state index in [1.54, 1.807) is 4.90 Å². The maximum atomic E-state index is 12.3. The molecule has 2 heterocycles. The largest absolute Gasteiger partial charge is 0.444 e. The van der Waals surface area contributed by atoms with E-state index >= 15 is 0 Å². The average Bonchev–Trinajstić information content (AvgIpc) is 2.95. The molecule has 1 aliphatic heterocycles. The van der Waals surface area contributed by atoms with Gasteiger partial charge in [0.1, 0.15) is 5.60 Å². The van der Waals surface area contributed by atoms with Gasteiger partial charge in [-0.2, -0.15) is 16.7 Å². The van der Waals surface area contributed by atoms with Crippen molar-refractivity contribution in [3.63, 3.8) is 0 Å². The third-order valence-electron chi connectivity index (χ3n) is 3.51. The third kappa shape index (κ3) is 3.99. The number of carbonyl (C=O) groups excluding carboxylic acids is 1. The molecule has 1 amide bonds. The average molecular weight is 359 g/mol. The van der Waals surface area contributed by atoms with Crippen LogP contribution in [0.3, 0.4) is 0 Å². The van der Waals surface area contributed by atoms with Gasteiger partial charge in [0.15, 0.2) is 0 Å². The first-order valence-corrected chi connectivity index (χ1v) is 9.11. The van der Waals surface area contributed by atoms with Crippen LogP contribution in [0.5, 0.6) is 0 Å². The van der Waals surface area contributed by atoms with Crippen LogP contribution in [0.2, 0.25) is 0 Å². The van der Waals surface area contributed by atoms with E-state index < -0.39 is 15.8 Å². The lowest BCUT2D eigenvalue weighted by molar-refractivity contribution is 0.0240. The van der Waals surface area contributed by atoms with Crippen LogP contribution in [0.4, 0.5) is 10.7 Å². The number of hydrogen-bond acceptors (Lipinski definition) is 6. The van der Waals surface area contributed by atoms with Crippen LogP contribution in [0.15, 0.2) is 12.4 Å². The molecule has 0 aliphatic carbocycles. The van der Waals surface area contributed by atoms with Crippen molar-refractivity contribution in [1.29, 1.82) is 0 Å². The SMILES string of the molecule is CN(C)S(=O)(=O)n1ccnc1N1CCN(C(=O)OC(C)(C)C)CC1. The van der Waals surface area contributed by atoms with E-state index in [9.17, 15) is 13.2 Å². The van der Waals surface area contributed by atoms with Crippen molar-refractivity contribution < 1.29 is 17.9 Å². The second kappa shape index (κ2) is 6.60. The normalized spacial score (nSPS) is 16.6. The Morgan fingerprint density at radius 3 is 2.29 bits per heavy atom. The van der Waals surface area contributed by atoms with Crippen LogP contribution in [-0.4, -0.2) is 78.5 Å². The Morgan fingerprint density at radius 1 is 1.21 bits per heavy atom. The maximum absolute atomic E-state index is 12.3. The van der Waals surface area contributed by atoms with E-state index in [0.29, 0.717) is 32.1 Å². The monoisotopic (exact) mass is 359 g/mol. The molecule has 0 aromatic carbocycles. The summed E-state index contributed by atoms with van der Waals surface area (Å²) >= 11 is 0. The summed E-state index contributed by atoms with van der Waals surface area (Å²) in [5.41, 5.74) is -0.537. The zero-order chi connectivity index (χ0) is 18.1. The zero-order valence-electron chi connectivity index (χ0n) is 14.8. The van der Waals surface area contributed by atoms with E-state index in [1.165, 1.54) is 26.5 Å². The van der Waals surface area contributed by atoms with Gasteiger partial charge in [-0.05, 0) is 20.8 Å². The first-order chi connectivity index (χ1) is 11.0. The molecule has 0 radical (unpaired) electrons. The number of ether oxygens (including phenoxy) is 1. The molecule has 1 aromatic rings. The van der Waals surface area contributed by atoms with Crippen LogP contribution < -0.4 is 4.90 Å². The topological polar surface area (TPSA) is 88.0 Å². The molecule has 0 unspecified atom stereocenters. The minimum atomic E-state index is -3.63. The lowest BCUT2D eigenvalue weighted by Gasteiger charge is -2.36. The minimum absolute atomic E-state index is 0.354. The number of carbonyl (C=O) groups is 1. The Morgan fingerprint density at radius 2 is 1.79 bits per heavy atom. The number of amides is 1. The molecular formula is C14H25N5O4S. The molecular weight excluding hydrogens is 334 g/mol. The van der Waals surface area contributed by atoms with Gasteiger partial charge in [0, 0.05) is 52.7 Å². The van der Waals surface area contributed by atoms with Crippen LogP contribution in [0, 0.1) is 0 Å². The second-order valence-electron chi connectivity index (χ2n) is 6.77. The zero-order valence-corrected chi connectivity index (χ0v) is 15.6. The third-order valence-corrected chi connectivity index (χ3v) is 5.22. The number of anilines is 1. The van der Waals surface area contributed by atoms with Gasteiger partial charge in [0.05, 0.1) is 0 Å². The fourth-order valence-electron chi connectivity index (χ4n) is 2.28.